The van der Waals surface area contributed by atoms with E-state index in [4.69, 9.17) is 0 Å². The maximum Gasteiger partial charge on any atom is 0.299 e. The lowest BCUT2D eigenvalue weighted by molar-refractivity contribution is -0.123. The summed E-state index contributed by atoms with van der Waals surface area (Å²) in [5.74, 6) is -0.899. The molecule has 1 aliphatic carbocycles. The molecule has 1 aromatic rings. The molecule has 1 aliphatic heterocycles. The lowest BCUT2D eigenvalue weighted by Crippen LogP contribution is -2.37. The number of Topliss-reactive ketones (excluding diaryl/α,β-unsaturated/α-hetero) is 2. The summed E-state index contributed by atoms with van der Waals surface area (Å²) in [4.78, 5) is 38.2. The molecule has 4 nitrogen and oxygen atoms in total. The Balaban J connectivity index is 1.94. The number of aryl methyl sites for hydroxylation is 2. The molecule has 0 saturated heterocycles. The van der Waals surface area contributed by atoms with Gasteiger partial charge in [0.05, 0.1) is 17.8 Å². The van der Waals surface area contributed by atoms with E-state index in [2.05, 4.69) is 0 Å². The van der Waals surface area contributed by atoms with Crippen molar-refractivity contribution in [2.45, 2.75) is 39.5 Å². The predicted molar refractivity (Wildman–Crippen MR) is 79.6 cm³/mol. The van der Waals surface area contributed by atoms with Crippen molar-refractivity contribution in [2.24, 2.45) is 5.92 Å². The maximum absolute atomic E-state index is 12.4. The second-order valence-electron chi connectivity index (χ2n) is 6.09. The third kappa shape index (κ3) is 2.19. The lowest BCUT2D eigenvalue weighted by atomic mass is 10.0. The number of nitrogens with zero attached hydrogens (tertiary/aromatic N) is 1. The second kappa shape index (κ2) is 5.10. The summed E-state index contributed by atoms with van der Waals surface area (Å²) < 4.78 is 0. The van der Waals surface area contributed by atoms with Crippen LogP contribution in [0.3, 0.4) is 0 Å². The molecule has 0 aromatic heterocycles. The number of ketones is 2. The van der Waals surface area contributed by atoms with Crippen LogP contribution in [0.4, 0.5) is 5.69 Å². The van der Waals surface area contributed by atoms with Gasteiger partial charge in [-0.3, -0.25) is 19.3 Å². The van der Waals surface area contributed by atoms with E-state index in [-0.39, 0.29) is 18.2 Å². The number of hydrogen-bond donors (Lipinski definition) is 0. The molecule has 3 rings (SSSR count). The number of rotatable bonds is 3. The zero-order chi connectivity index (χ0) is 15.1. The van der Waals surface area contributed by atoms with Crippen molar-refractivity contribution in [1.82, 2.24) is 0 Å². The van der Waals surface area contributed by atoms with E-state index in [9.17, 15) is 14.4 Å². The molecule has 1 amide bonds. The minimum atomic E-state index is -0.561. The van der Waals surface area contributed by atoms with Crippen LogP contribution in [0.1, 0.15) is 47.2 Å². The summed E-state index contributed by atoms with van der Waals surface area (Å²) in [7, 11) is 0. The van der Waals surface area contributed by atoms with E-state index in [0.717, 1.165) is 36.8 Å². The summed E-state index contributed by atoms with van der Waals surface area (Å²) in [5, 5.41) is 0. The van der Waals surface area contributed by atoms with Crippen molar-refractivity contribution in [1.29, 1.82) is 0 Å². The van der Waals surface area contributed by atoms with Crippen LogP contribution in [0.15, 0.2) is 12.1 Å². The molecule has 0 radical (unpaired) electrons. The molecule has 0 unspecified atom stereocenters. The van der Waals surface area contributed by atoms with Crippen LogP contribution in [0.5, 0.6) is 0 Å². The molecule has 0 spiro atoms. The van der Waals surface area contributed by atoms with E-state index in [1.165, 1.54) is 4.90 Å². The third-order valence-electron chi connectivity index (χ3n) is 4.65. The van der Waals surface area contributed by atoms with E-state index < -0.39 is 11.7 Å². The van der Waals surface area contributed by atoms with E-state index in [1.807, 2.05) is 26.0 Å². The summed E-state index contributed by atoms with van der Waals surface area (Å²) in [6.07, 6.45) is 3.99. The van der Waals surface area contributed by atoms with Gasteiger partial charge in [0.2, 0.25) is 0 Å². The summed E-state index contributed by atoms with van der Waals surface area (Å²) in [6.45, 7) is 3.73. The number of carbonyl (C=O) groups is 3. The quantitative estimate of drug-likeness (QED) is 0.802. The Hall–Kier alpha value is -1.97. The van der Waals surface area contributed by atoms with Gasteiger partial charge in [-0.25, -0.2) is 0 Å². The topological polar surface area (TPSA) is 54.5 Å². The molecular formula is C17H19NO3. The molecule has 1 fully saturated rings. The van der Waals surface area contributed by atoms with E-state index >= 15 is 0 Å². The highest BCUT2D eigenvalue weighted by Crippen LogP contribution is 2.35. The molecule has 2 aliphatic rings. The van der Waals surface area contributed by atoms with Gasteiger partial charge in [-0.05, 0) is 37.8 Å². The van der Waals surface area contributed by atoms with Gasteiger partial charge >= 0.3 is 0 Å². The largest absolute Gasteiger partial charge is 0.299 e. The summed E-state index contributed by atoms with van der Waals surface area (Å²) in [5.41, 5.74) is 2.77. The van der Waals surface area contributed by atoms with Gasteiger partial charge in [0, 0.05) is 5.92 Å². The number of amides is 1. The van der Waals surface area contributed by atoms with Gasteiger partial charge in [-0.15, -0.1) is 0 Å². The SMILES string of the molecule is Cc1ccc(C)c2c1C(=O)C(=O)N2CC(=O)C1CCCC1. The monoisotopic (exact) mass is 285 g/mol. The van der Waals surface area contributed by atoms with Crippen molar-refractivity contribution in [2.75, 3.05) is 11.4 Å². The Morgan fingerprint density at radius 3 is 2.43 bits per heavy atom. The molecule has 0 N–H and O–H groups in total. The zero-order valence-electron chi connectivity index (χ0n) is 12.4. The standard InChI is InChI=1S/C17H19NO3/c1-10-7-8-11(2)15-14(10)16(20)17(21)18(15)9-13(19)12-5-3-4-6-12/h7-8,12H,3-6,9H2,1-2H3. The summed E-state index contributed by atoms with van der Waals surface area (Å²) in [6, 6.07) is 3.74. The van der Waals surface area contributed by atoms with Crippen LogP contribution in [-0.4, -0.2) is 24.0 Å². The predicted octanol–water partition coefficient (Wildman–Crippen LogP) is 2.59. The highest BCUT2D eigenvalue weighted by atomic mass is 16.2. The van der Waals surface area contributed by atoms with E-state index in [0.29, 0.717) is 11.3 Å². The first-order valence-corrected chi connectivity index (χ1v) is 7.50. The fraction of sp³-hybridized carbons (Fsp3) is 0.471. The average Bonchev–Trinajstić information content (AvgIpc) is 3.06. The Kier molecular flexibility index (Phi) is 3.40. The molecule has 4 heteroatoms. The van der Waals surface area contributed by atoms with Crippen LogP contribution in [0.2, 0.25) is 0 Å². The van der Waals surface area contributed by atoms with Crippen LogP contribution in [0.25, 0.3) is 0 Å². The normalized spacial score (nSPS) is 18.5. The zero-order valence-corrected chi connectivity index (χ0v) is 12.4. The van der Waals surface area contributed by atoms with Crippen molar-refractivity contribution in [3.63, 3.8) is 0 Å². The fourth-order valence-electron chi connectivity index (χ4n) is 3.45. The molecule has 21 heavy (non-hydrogen) atoms. The summed E-state index contributed by atoms with van der Waals surface area (Å²) >= 11 is 0. The van der Waals surface area contributed by atoms with Gasteiger partial charge in [0.1, 0.15) is 0 Å². The molecule has 1 aromatic carbocycles. The lowest BCUT2D eigenvalue weighted by Gasteiger charge is -2.20. The van der Waals surface area contributed by atoms with Crippen LogP contribution in [0, 0.1) is 19.8 Å². The molecular weight excluding hydrogens is 266 g/mol. The third-order valence-corrected chi connectivity index (χ3v) is 4.65. The molecule has 0 atom stereocenters. The van der Waals surface area contributed by atoms with E-state index in [1.54, 1.807) is 0 Å². The number of fused-ring (bicyclic) bond motifs is 1. The second-order valence-corrected chi connectivity index (χ2v) is 6.09. The van der Waals surface area contributed by atoms with Gasteiger partial charge in [0.25, 0.3) is 11.7 Å². The molecule has 1 saturated carbocycles. The van der Waals surface area contributed by atoms with Crippen molar-refractivity contribution in [3.8, 4) is 0 Å². The van der Waals surface area contributed by atoms with Crippen molar-refractivity contribution < 1.29 is 14.4 Å². The molecule has 0 bridgehead atoms. The Bertz CT molecular complexity index is 642. The smallest absolute Gasteiger partial charge is 0.297 e. The van der Waals surface area contributed by atoms with Crippen LogP contribution < -0.4 is 4.90 Å². The van der Waals surface area contributed by atoms with Gasteiger partial charge in [-0.2, -0.15) is 0 Å². The van der Waals surface area contributed by atoms with Gasteiger partial charge in [-0.1, -0.05) is 25.0 Å². The highest BCUT2D eigenvalue weighted by molar-refractivity contribution is 6.53. The molecule has 110 valence electrons. The average molecular weight is 285 g/mol. The number of anilines is 1. The van der Waals surface area contributed by atoms with Gasteiger partial charge in [0.15, 0.2) is 5.78 Å². The molecule has 1 heterocycles. The van der Waals surface area contributed by atoms with Crippen LogP contribution >= 0.6 is 0 Å². The fourth-order valence-corrected chi connectivity index (χ4v) is 3.45. The minimum Gasteiger partial charge on any atom is -0.297 e. The van der Waals surface area contributed by atoms with Gasteiger partial charge < -0.3 is 0 Å². The minimum absolute atomic E-state index is 0.0343. The number of benzene rings is 1. The van der Waals surface area contributed by atoms with Crippen molar-refractivity contribution >= 4 is 23.2 Å². The first-order valence-electron chi connectivity index (χ1n) is 7.50. The van der Waals surface area contributed by atoms with Crippen molar-refractivity contribution in [3.05, 3.63) is 28.8 Å². The number of carbonyl (C=O) groups excluding carboxylic acids is 3. The Labute approximate surface area is 124 Å². The first-order chi connectivity index (χ1) is 10.0. The maximum atomic E-state index is 12.4. The van der Waals surface area contributed by atoms with Crippen LogP contribution in [-0.2, 0) is 9.59 Å². The first kappa shape index (κ1) is 14.0. The highest BCUT2D eigenvalue weighted by Gasteiger charge is 2.39. The number of hydrogen-bond acceptors (Lipinski definition) is 3. The Morgan fingerprint density at radius 1 is 1.14 bits per heavy atom. The Morgan fingerprint density at radius 2 is 1.76 bits per heavy atom.